The van der Waals surface area contributed by atoms with Crippen molar-refractivity contribution >= 4 is 29.7 Å². The average Bonchev–Trinajstić information content (AvgIpc) is 4.04. The van der Waals surface area contributed by atoms with Crippen molar-refractivity contribution in [3.05, 3.63) is 184 Å². The van der Waals surface area contributed by atoms with E-state index in [-0.39, 0.29) is 23.7 Å². The number of aryl methyl sites for hydroxylation is 1. The van der Waals surface area contributed by atoms with Gasteiger partial charge in [0.25, 0.3) is 0 Å². The Morgan fingerprint density at radius 3 is 1.01 bits per heavy atom. The molecule has 7 rings (SSSR count). The first-order chi connectivity index (χ1) is 39.6. The minimum absolute atomic E-state index is 0.0769. The zero-order chi connectivity index (χ0) is 59.2. The van der Waals surface area contributed by atoms with Gasteiger partial charge < -0.3 is 68.4 Å². The Bertz CT molecular complexity index is 3060. The maximum Gasteiger partial charge on any atom is 0.218 e. The van der Waals surface area contributed by atoms with Crippen LogP contribution in [0.5, 0.6) is 0 Å². The van der Waals surface area contributed by atoms with Crippen LogP contribution in [0.4, 0.5) is 0 Å². The van der Waals surface area contributed by atoms with E-state index in [0.717, 1.165) is 83.4 Å². The molecule has 0 bridgehead atoms. The van der Waals surface area contributed by atoms with Crippen LogP contribution in [0.1, 0.15) is 57.3 Å². The van der Waals surface area contributed by atoms with Crippen molar-refractivity contribution in [1.82, 2.24) is 15.1 Å². The zero-order valence-electron chi connectivity index (χ0n) is 47.8. The molecule has 1 heterocycles. The van der Waals surface area contributed by atoms with E-state index in [1.165, 1.54) is 50.1 Å². The summed E-state index contributed by atoms with van der Waals surface area (Å²) in [6.45, 7) is 4.07. The largest absolute Gasteiger partial charge is 0.388 e. The highest BCUT2D eigenvalue weighted by atomic mass is 15.4. The van der Waals surface area contributed by atoms with E-state index in [0.29, 0.717) is 71.5 Å². The SMILES string of the molecule is CN=C(NC)n1cccn1.N=C(N)CCCc1cc(CCN=C(N)N)cc(-c2cccc(-c3cc(CCN=C(N)N)cc(CCN=C(N)N)c3)c2)c1.NCCc1cc(CCN)cc(-c2cccc(-c3cc(CCN)cc(CCN)c3)c2)c1. The zero-order valence-corrected chi connectivity index (χ0v) is 47.8. The van der Waals surface area contributed by atoms with Crippen LogP contribution in [0, 0.1) is 5.41 Å². The molecule has 0 radical (unpaired) electrons. The van der Waals surface area contributed by atoms with Gasteiger partial charge in [0.05, 0.1) is 5.84 Å². The summed E-state index contributed by atoms with van der Waals surface area (Å²) in [5.74, 6) is 1.18. The van der Waals surface area contributed by atoms with Crippen LogP contribution in [0.25, 0.3) is 44.5 Å². The number of amidine groups is 1. The second-order valence-corrected chi connectivity index (χ2v) is 19.8. The standard InChI is InChI=1S/C31H43N11.C26H34N4.C6H10N4/c32-28(33)6-1-3-20-13-21(7-10-40-29(34)35)16-26(15-20)24-4-2-5-25(19-24)27-17-22(8-11-41-30(36)37)14-23(18-27)9-12-42-31(38)39;27-8-4-19-12-20(5-9-28)15-25(14-19)23-2-1-3-24(18-23)26-16-21(6-10-29)13-22(17-26)7-11-30;1-7-6(8-2)10-5-3-4-9-10/h2,4-5,13-19H,1,3,6-12H2,(H3,32,33)(H4,34,35,40)(H4,36,37,41)(H4,38,39,42);1-3,12-18H,4-11,27-30H2;3-5H,1-2H3,(H,7,8). The minimum atomic E-state index is 0.0769. The molecular formula is C63H87N19. The van der Waals surface area contributed by atoms with Crippen LogP contribution in [0.2, 0.25) is 0 Å². The van der Waals surface area contributed by atoms with Gasteiger partial charge in [-0.2, -0.15) is 5.10 Å². The molecule has 0 atom stereocenters. The number of aromatic nitrogens is 2. The summed E-state index contributed by atoms with van der Waals surface area (Å²) in [6.07, 6.45) is 11.3. The Kier molecular flexibility index (Phi) is 26.8. The van der Waals surface area contributed by atoms with Crippen LogP contribution in [0.3, 0.4) is 0 Å². The molecule has 6 aromatic carbocycles. The maximum absolute atomic E-state index is 7.56. The van der Waals surface area contributed by atoms with E-state index in [9.17, 15) is 0 Å². The van der Waals surface area contributed by atoms with Crippen molar-refractivity contribution in [3.8, 4) is 44.5 Å². The molecule has 0 unspecified atom stereocenters. The monoisotopic (exact) mass is 1110 g/mol. The lowest BCUT2D eigenvalue weighted by Gasteiger charge is -2.13. The van der Waals surface area contributed by atoms with Gasteiger partial charge in [-0.1, -0.05) is 109 Å². The second kappa shape index (κ2) is 34.3. The average molecular weight is 1110 g/mol. The van der Waals surface area contributed by atoms with E-state index in [2.05, 4.69) is 152 Å². The number of hydrogen-bond acceptors (Lipinski definition) is 10. The summed E-state index contributed by atoms with van der Waals surface area (Å²) in [6, 6.07) is 45.5. The number of guanidine groups is 3. The van der Waals surface area contributed by atoms with E-state index in [4.69, 9.17) is 68.5 Å². The van der Waals surface area contributed by atoms with Crippen molar-refractivity contribution in [2.24, 2.45) is 83.0 Å². The molecule has 1 aromatic heterocycles. The van der Waals surface area contributed by atoms with Gasteiger partial charge in [0.2, 0.25) is 5.96 Å². The quantitative estimate of drug-likeness (QED) is 0.0273. The normalized spacial score (nSPS) is 10.9. The Labute approximate surface area is 484 Å². The summed E-state index contributed by atoms with van der Waals surface area (Å²) in [4.78, 5) is 16.4. The van der Waals surface area contributed by atoms with Crippen LogP contribution in [0.15, 0.2) is 160 Å². The molecule has 0 aliphatic rings. The lowest BCUT2D eigenvalue weighted by Crippen LogP contribution is -2.26. The van der Waals surface area contributed by atoms with Gasteiger partial charge in [0.15, 0.2) is 17.9 Å². The number of hydrogen-bond donors (Lipinski definition) is 13. The smallest absolute Gasteiger partial charge is 0.218 e. The first kappa shape index (κ1) is 63.9. The van der Waals surface area contributed by atoms with Gasteiger partial charge in [-0.25, -0.2) is 4.68 Å². The fourth-order valence-electron chi connectivity index (χ4n) is 9.44. The molecule has 82 heavy (non-hydrogen) atoms. The predicted molar refractivity (Wildman–Crippen MR) is 344 cm³/mol. The molecule has 0 saturated carbocycles. The maximum atomic E-state index is 7.56. The minimum Gasteiger partial charge on any atom is -0.388 e. The number of aliphatic imine (C=N–C) groups is 4. The Balaban J connectivity index is 0.000000266. The van der Waals surface area contributed by atoms with Crippen molar-refractivity contribution < 1.29 is 0 Å². The number of nitrogens with zero attached hydrogens (tertiary/aromatic N) is 6. The second-order valence-electron chi connectivity index (χ2n) is 19.8. The number of nitrogens with one attached hydrogen (secondary N) is 2. The van der Waals surface area contributed by atoms with Gasteiger partial charge in [-0.15, -0.1) is 0 Å². The van der Waals surface area contributed by atoms with Crippen LogP contribution in [-0.4, -0.2) is 99.4 Å². The van der Waals surface area contributed by atoms with Crippen LogP contribution >= 0.6 is 0 Å². The van der Waals surface area contributed by atoms with Gasteiger partial charge in [0, 0.05) is 52.5 Å². The van der Waals surface area contributed by atoms with E-state index in [1.807, 2.05) is 19.3 Å². The van der Waals surface area contributed by atoms with E-state index >= 15 is 0 Å². The fraction of sp³-hybridized carbons (Fsp3) is 0.302. The number of rotatable bonds is 25. The van der Waals surface area contributed by atoms with Gasteiger partial charge in [-0.05, 0) is 191 Å². The Morgan fingerprint density at radius 2 is 0.756 bits per heavy atom. The van der Waals surface area contributed by atoms with E-state index in [1.54, 1.807) is 17.9 Å². The molecule has 0 amide bonds. The summed E-state index contributed by atoms with van der Waals surface area (Å²) < 4.78 is 1.67. The topological polar surface area (TPSA) is 389 Å². The summed E-state index contributed by atoms with van der Waals surface area (Å²) >= 11 is 0. The molecule has 19 heteroatoms. The third-order valence-electron chi connectivity index (χ3n) is 13.2. The lowest BCUT2D eigenvalue weighted by molar-refractivity contribution is 0.853. The van der Waals surface area contributed by atoms with E-state index < -0.39 is 0 Å². The molecule has 0 spiro atoms. The molecule has 24 N–H and O–H groups in total. The van der Waals surface area contributed by atoms with Gasteiger partial charge in [0.1, 0.15) is 0 Å². The highest BCUT2D eigenvalue weighted by molar-refractivity contribution is 5.81. The number of nitrogens with two attached hydrogens (primary N) is 11. The first-order valence-electron chi connectivity index (χ1n) is 27.8. The highest BCUT2D eigenvalue weighted by Gasteiger charge is 2.11. The van der Waals surface area contributed by atoms with Crippen molar-refractivity contribution in [2.75, 3.05) is 59.9 Å². The summed E-state index contributed by atoms with van der Waals surface area (Å²) in [5.41, 5.74) is 80.8. The summed E-state index contributed by atoms with van der Waals surface area (Å²) in [7, 11) is 3.53. The van der Waals surface area contributed by atoms with Crippen LogP contribution < -0.4 is 68.4 Å². The molecule has 0 saturated heterocycles. The summed E-state index contributed by atoms with van der Waals surface area (Å²) in [5, 5.41) is 14.4. The third kappa shape index (κ3) is 22.0. The molecule has 0 aliphatic heterocycles. The molecule has 7 aromatic rings. The predicted octanol–water partition coefficient (Wildman–Crippen LogP) is 4.69. The van der Waals surface area contributed by atoms with Crippen molar-refractivity contribution in [2.45, 2.75) is 64.2 Å². The lowest BCUT2D eigenvalue weighted by atomic mass is 9.92. The molecule has 434 valence electrons. The first-order valence-corrected chi connectivity index (χ1v) is 27.8. The molecule has 19 nitrogen and oxygen atoms in total. The molecule has 0 fully saturated rings. The molecule has 0 aliphatic carbocycles. The van der Waals surface area contributed by atoms with Crippen molar-refractivity contribution in [3.63, 3.8) is 0 Å². The highest BCUT2D eigenvalue weighted by Crippen LogP contribution is 2.32. The van der Waals surface area contributed by atoms with Crippen molar-refractivity contribution in [1.29, 1.82) is 5.41 Å². The Hall–Kier alpha value is -8.88. The van der Waals surface area contributed by atoms with Gasteiger partial charge in [-0.3, -0.25) is 25.4 Å². The van der Waals surface area contributed by atoms with Crippen LogP contribution in [-0.2, 0) is 51.4 Å². The Morgan fingerprint density at radius 1 is 0.439 bits per heavy atom. The van der Waals surface area contributed by atoms with Gasteiger partial charge >= 0.3 is 0 Å². The third-order valence-corrected chi connectivity index (χ3v) is 13.2. The number of benzene rings is 6. The fourth-order valence-corrected chi connectivity index (χ4v) is 9.44. The molecular weight excluding hydrogens is 1020 g/mol.